The molecule has 0 spiro atoms. The summed E-state index contributed by atoms with van der Waals surface area (Å²) in [5.74, 6) is 0. The van der Waals surface area contributed by atoms with Gasteiger partial charge in [0.1, 0.15) is 0 Å². The van der Waals surface area contributed by atoms with Crippen LogP contribution in [0.15, 0.2) is 24.3 Å². The van der Waals surface area contributed by atoms with E-state index in [1.165, 1.54) is 15.7 Å². The van der Waals surface area contributed by atoms with E-state index < -0.39 is 0 Å². The lowest BCUT2D eigenvalue weighted by Gasteiger charge is -2.19. The molecule has 0 aliphatic rings. The zero-order valence-electron chi connectivity index (χ0n) is 7.55. The number of nitrogens with zero attached hydrogens (tertiary/aromatic N) is 1. The van der Waals surface area contributed by atoms with Crippen molar-refractivity contribution in [2.45, 2.75) is 13.3 Å². The quantitative estimate of drug-likeness (QED) is 0.766. The second-order valence-electron chi connectivity index (χ2n) is 2.87. The van der Waals surface area contributed by atoms with Crippen molar-refractivity contribution in [3.05, 3.63) is 27.8 Å². The summed E-state index contributed by atoms with van der Waals surface area (Å²) in [5.41, 5.74) is 1.33. The van der Waals surface area contributed by atoms with Crippen molar-refractivity contribution in [2.24, 2.45) is 0 Å². The average Bonchev–Trinajstić information content (AvgIpc) is 2.05. The highest BCUT2D eigenvalue weighted by atomic mass is 127. The van der Waals surface area contributed by atoms with Crippen LogP contribution in [0.1, 0.15) is 13.3 Å². The van der Waals surface area contributed by atoms with E-state index in [0.29, 0.717) is 0 Å². The number of para-hydroxylation sites is 1. The van der Waals surface area contributed by atoms with Crippen molar-refractivity contribution in [3.8, 4) is 0 Å². The first-order valence-electron chi connectivity index (χ1n) is 4.21. The molecule has 0 N–H and O–H groups in total. The van der Waals surface area contributed by atoms with Gasteiger partial charge in [-0.2, -0.15) is 0 Å². The molecular formula is C10H14IN. The Morgan fingerprint density at radius 3 is 2.58 bits per heavy atom. The van der Waals surface area contributed by atoms with Gasteiger partial charge in [0.25, 0.3) is 0 Å². The summed E-state index contributed by atoms with van der Waals surface area (Å²) in [7, 11) is 2.14. The summed E-state index contributed by atoms with van der Waals surface area (Å²) >= 11 is 2.37. The molecule has 0 fully saturated rings. The Morgan fingerprint density at radius 1 is 1.33 bits per heavy atom. The van der Waals surface area contributed by atoms with Gasteiger partial charge in [0.05, 0.1) is 0 Å². The van der Waals surface area contributed by atoms with Crippen LogP contribution in [0.5, 0.6) is 0 Å². The van der Waals surface area contributed by atoms with Gasteiger partial charge >= 0.3 is 0 Å². The first-order valence-corrected chi connectivity index (χ1v) is 5.29. The number of benzene rings is 1. The smallest absolute Gasteiger partial charge is 0.0499 e. The van der Waals surface area contributed by atoms with Gasteiger partial charge in [0.15, 0.2) is 0 Å². The first kappa shape index (κ1) is 9.84. The van der Waals surface area contributed by atoms with Crippen LogP contribution in [0.25, 0.3) is 0 Å². The standard InChI is InChI=1S/C10H14IN/c1-3-8-12(2)10-7-5-4-6-9(10)11/h4-7H,3,8H2,1-2H3. The summed E-state index contributed by atoms with van der Waals surface area (Å²) in [4.78, 5) is 2.29. The maximum Gasteiger partial charge on any atom is 0.0499 e. The topological polar surface area (TPSA) is 3.24 Å². The molecular weight excluding hydrogens is 261 g/mol. The minimum absolute atomic E-state index is 1.13. The fourth-order valence-corrected chi connectivity index (χ4v) is 2.02. The number of hydrogen-bond acceptors (Lipinski definition) is 1. The van der Waals surface area contributed by atoms with Crippen LogP contribution in [-0.4, -0.2) is 13.6 Å². The third-order valence-electron chi connectivity index (χ3n) is 1.82. The predicted molar refractivity (Wildman–Crippen MR) is 62.7 cm³/mol. The minimum atomic E-state index is 1.13. The van der Waals surface area contributed by atoms with E-state index in [9.17, 15) is 0 Å². The van der Waals surface area contributed by atoms with Gasteiger partial charge in [0, 0.05) is 22.8 Å². The lowest BCUT2D eigenvalue weighted by molar-refractivity contribution is 0.850. The molecule has 2 heteroatoms. The van der Waals surface area contributed by atoms with Gasteiger partial charge < -0.3 is 4.90 Å². The van der Waals surface area contributed by atoms with E-state index in [2.05, 4.69) is 65.7 Å². The number of hydrogen-bond donors (Lipinski definition) is 0. The third-order valence-corrected chi connectivity index (χ3v) is 2.73. The van der Waals surface area contributed by atoms with Crippen LogP contribution in [-0.2, 0) is 0 Å². The average molecular weight is 275 g/mol. The highest BCUT2D eigenvalue weighted by molar-refractivity contribution is 14.1. The van der Waals surface area contributed by atoms with E-state index in [-0.39, 0.29) is 0 Å². The van der Waals surface area contributed by atoms with E-state index >= 15 is 0 Å². The molecule has 1 aromatic carbocycles. The van der Waals surface area contributed by atoms with Crippen LogP contribution in [0.3, 0.4) is 0 Å². The summed E-state index contributed by atoms with van der Waals surface area (Å²) in [6, 6.07) is 8.47. The molecule has 66 valence electrons. The third kappa shape index (κ3) is 2.37. The molecule has 0 atom stereocenters. The fraction of sp³-hybridized carbons (Fsp3) is 0.400. The van der Waals surface area contributed by atoms with Crippen molar-refractivity contribution in [1.29, 1.82) is 0 Å². The molecule has 0 unspecified atom stereocenters. The van der Waals surface area contributed by atoms with E-state index in [1.807, 2.05) is 0 Å². The van der Waals surface area contributed by atoms with E-state index in [1.54, 1.807) is 0 Å². The highest BCUT2D eigenvalue weighted by Gasteiger charge is 2.01. The van der Waals surface area contributed by atoms with Crippen LogP contribution in [0.4, 0.5) is 5.69 Å². The fourth-order valence-electron chi connectivity index (χ4n) is 1.22. The summed E-state index contributed by atoms with van der Waals surface area (Å²) < 4.78 is 1.33. The zero-order chi connectivity index (χ0) is 8.97. The maximum atomic E-state index is 2.37. The molecule has 0 aliphatic carbocycles. The Balaban J connectivity index is 2.79. The van der Waals surface area contributed by atoms with E-state index in [4.69, 9.17) is 0 Å². The highest BCUT2D eigenvalue weighted by Crippen LogP contribution is 2.20. The molecule has 1 nitrogen and oxygen atoms in total. The molecule has 1 aromatic rings. The second kappa shape index (κ2) is 4.70. The predicted octanol–water partition coefficient (Wildman–Crippen LogP) is 3.14. The van der Waals surface area contributed by atoms with Gasteiger partial charge in [-0.15, -0.1) is 0 Å². The molecule has 0 amide bonds. The lowest BCUT2D eigenvalue weighted by atomic mass is 10.3. The van der Waals surface area contributed by atoms with Crippen LogP contribution in [0.2, 0.25) is 0 Å². The van der Waals surface area contributed by atoms with Crippen LogP contribution in [0, 0.1) is 3.57 Å². The number of rotatable bonds is 3. The first-order chi connectivity index (χ1) is 5.75. The molecule has 0 aliphatic heterocycles. The maximum absolute atomic E-state index is 2.37. The molecule has 1 rings (SSSR count). The van der Waals surface area contributed by atoms with Gasteiger partial charge in [0.2, 0.25) is 0 Å². The monoisotopic (exact) mass is 275 g/mol. The van der Waals surface area contributed by atoms with Gasteiger partial charge in [-0.3, -0.25) is 0 Å². The Kier molecular flexibility index (Phi) is 3.85. The summed E-state index contributed by atoms with van der Waals surface area (Å²) in [6.45, 7) is 3.33. The van der Waals surface area contributed by atoms with Gasteiger partial charge in [-0.05, 0) is 41.1 Å². The minimum Gasteiger partial charge on any atom is -0.374 e. The van der Waals surface area contributed by atoms with E-state index in [0.717, 1.165) is 6.54 Å². The molecule has 0 heterocycles. The van der Waals surface area contributed by atoms with Gasteiger partial charge in [-0.25, -0.2) is 0 Å². The SMILES string of the molecule is CCCN(C)c1ccccc1I. The summed E-state index contributed by atoms with van der Waals surface area (Å²) in [6.07, 6.45) is 1.20. The Morgan fingerprint density at radius 2 is 2.00 bits per heavy atom. The number of anilines is 1. The molecule has 0 bridgehead atoms. The Bertz CT molecular complexity index is 247. The van der Waals surface area contributed by atoms with Crippen LogP contribution < -0.4 is 4.90 Å². The van der Waals surface area contributed by atoms with Crippen LogP contribution >= 0.6 is 22.6 Å². The van der Waals surface area contributed by atoms with Crippen molar-refractivity contribution in [1.82, 2.24) is 0 Å². The summed E-state index contributed by atoms with van der Waals surface area (Å²) in [5, 5.41) is 0. The normalized spacial score (nSPS) is 9.92. The lowest BCUT2D eigenvalue weighted by Crippen LogP contribution is -2.18. The molecule has 0 saturated heterocycles. The Labute approximate surface area is 87.9 Å². The Hall–Kier alpha value is -0.250. The van der Waals surface area contributed by atoms with Crippen molar-refractivity contribution < 1.29 is 0 Å². The molecule has 0 radical (unpaired) electrons. The van der Waals surface area contributed by atoms with Crippen molar-refractivity contribution in [3.63, 3.8) is 0 Å². The molecule has 12 heavy (non-hydrogen) atoms. The van der Waals surface area contributed by atoms with Crippen molar-refractivity contribution in [2.75, 3.05) is 18.5 Å². The van der Waals surface area contributed by atoms with Crippen molar-refractivity contribution >= 4 is 28.3 Å². The second-order valence-corrected chi connectivity index (χ2v) is 4.04. The zero-order valence-corrected chi connectivity index (χ0v) is 9.71. The molecule has 0 saturated carbocycles. The molecule has 0 aromatic heterocycles. The number of halogens is 1. The van der Waals surface area contributed by atoms with Gasteiger partial charge in [-0.1, -0.05) is 19.1 Å². The largest absolute Gasteiger partial charge is 0.374 e.